The van der Waals surface area contributed by atoms with E-state index < -0.39 is 5.97 Å². The Balaban J connectivity index is 2.09. The van der Waals surface area contributed by atoms with Crippen LogP contribution in [0.2, 0.25) is 0 Å². The second-order valence-electron chi connectivity index (χ2n) is 6.93. The van der Waals surface area contributed by atoms with Gasteiger partial charge in [0.05, 0.1) is 0 Å². The van der Waals surface area contributed by atoms with Crippen LogP contribution in [0.1, 0.15) is 48.5 Å². The first kappa shape index (κ1) is 18.6. The van der Waals surface area contributed by atoms with Gasteiger partial charge in [-0.1, -0.05) is 18.2 Å². The van der Waals surface area contributed by atoms with E-state index in [1.807, 2.05) is 50.8 Å². The molecule has 0 fully saturated rings. The van der Waals surface area contributed by atoms with Gasteiger partial charge >= 0.3 is 5.97 Å². The maximum atomic E-state index is 13.2. The summed E-state index contributed by atoms with van der Waals surface area (Å²) in [5.41, 5.74) is 2.36. The van der Waals surface area contributed by atoms with Crippen LogP contribution in [0.5, 0.6) is 0 Å². The van der Waals surface area contributed by atoms with E-state index in [0.717, 1.165) is 5.56 Å². The zero-order chi connectivity index (χ0) is 19.7. The molecule has 1 N–H and O–H groups in total. The molecule has 0 atom stereocenters. The van der Waals surface area contributed by atoms with Gasteiger partial charge in [0.2, 0.25) is 0 Å². The molecular weight excluding hydrogens is 344 g/mol. The molecule has 0 aliphatic heterocycles. The molecule has 0 aliphatic rings. The van der Waals surface area contributed by atoms with Gasteiger partial charge in [-0.25, -0.2) is 14.3 Å². The van der Waals surface area contributed by atoms with Crippen LogP contribution in [-0.2, 0) is 0 Å². The summed E-state index contributed by atoms with van der Waals surface area (Å²) in [6.45, 7) is 7.97. The number of carboxylic acids is 1. The summed E-state index contributed by atoms with van der Waals surface area (Å²) in [6, 6.07) is 8.88. The molecule has 0 saturated heterocycles. The average Bonchev–Trinajstić information content (AvgIpc) is 3.04. The van der Waals surface area contributed by atoms with Crippen molar-refractivity contribution in [1.82, 2.24) is 19.5 Å². The molecule has 0 saturated carbocycles. The number of carbonyl (C=O) groups is 2. The molecule has 0 bridgehead atoms. The van der Waals surface area contributed by atoms with E-state index in [-0.39, 0.29) is 23.7 Å². The van der Waals surface area contributed by atoms with Gasteiger partial charge in [-0.2, -0.15) is 5.10 Å². The zero-order valence-corrected chi connectivity index (χ0v) is 15.7. The standard InChI is InChI=1S/C20H22N4O3/c1-12(2)24(13(3)4)19(25)16-8-6-5-7-15(16)14-10-21-18-9-17(20(26)27)22-23(18)11-14/h5-13H,1-4H3,(H,26,27). The molecule has 0 radical (unpaired) electrons. The van der Waals surface area contributed by atoms with Crippen molar-refractivity contribution >= 4 is 17.5 Å². The van der Waals surface area contributed by atoms with E-state index in [9.17, 15) is 9.59 Å². The molecule has 3 aromatic rings. The van der Waals surface area contributed by atoms with Crippen LogP contribution in [0.15, 0.2) is 42.7 Å². The fourth-order valence-corrected chi connectivity index (χ4v) is 3.25. The van der Waals surface area contributed by atoms with Gasteiger partial charge in [0.1, 0.15) is 0 Å². The molecule has 0 unspecified atom stereocenters. The highest BCUT2D eigenvalue weighted by Crippen LogP contribution is 2.26. The minimum atomic E-state index is -1.11. The molecular formula is C20H22N4O3. The first-order valence-electron chi connectivity index (χ1n) is 8.80. The number of fused-ring (bicyclic) bond motifs is 1. The molecule has 7 nitrogen and oxygen atoms in total. The summed E-state index contributed by atoms with van der Waals surface area (Å²) in [5, 5.41) is 13.1. The van der Waals surface area contributed by atoms with Crippen molar-refractivity contribution in [2.24, 2.45) is 0 Å². The number of hydrogen-bond donors (Lipinski definition) is 1. The molecule has 1 aromatic carbocycles. The van der Waals surface area contributed by atoms with Gasteiger partial charge in [0, 0.05) is 41.7 Å². The Kier molecular flexibility index (Phi) is 4.94. The quantitative estimate of drug-likeness (QED) is 0.748. The normalized spacial score (nSPS) is 11.3. The van der Waals surface area contributed by atoms with Crippen molar-refractivity contribution in [3.8, 4) is 11.1 Å². The van der Waals surface area contributed by atoms with E-state index in [1.165, 1.54) is 10.6 Å². The maximum Gasteiger partial charge on any atom is 0.356 e. The number of hydrogen-bond acceptors (Lipinski definition) is 4. The number of nitrogens with zero attached hydrogens (tertiary/aromatic N) is 4. The number of aromatic carboxylic acids is 1. The Labute approximate surface area is 157 Å². The molecule has 140 valence electrons. The van der Waals surface area contributed by atoms with Gasteiger partial charge in [0.15, 0.2) is 11.3 Å². The van der Waals surface area contributed by atoms with Crippen molar-refractivity contribution in [2.75, 3.05) is 0 Å². The molecule has 0 aliphatic carbocycles. The van der Waals surface area contributed by atoms with Crippen LogP contribution < -0.4 is 0 Å². The lowest BCUT2D eigenvalue weighted by Crippen LogP contribution is -2.42. The van der Waals surface area contributed by atoms with E-state index in [2.05, 4.69) is 10.1 Å². The number of carbonyl (C=O) groups excluding carboxylic acids is 1. The molecule has 2 aromatic heterocycles. The largest absolute Gasteiger partial charge is 0.476 e. The molecule has 3 rings (SSSR count). The van der Waals surface area contributed by atoms with Crippen LogP contribution in [0.25, 0.3) is 16.8 Å². The third-order valence-corrected chi connectivity index (χ3v) is 4.35. The number of carboxylic acid groups (broad SMARTS) is 1. The lowest BCUT2D eigenvalue weighted by Gasteiger charge is -2.31. The zero-order valence-electron chi connectivity index (χ0n) is 15.7. The van der Waals surface area contributed by atoms with Gasteiger partial charge in [-0.15, -0.1) is 0 Å². The lowest BCUT2D eigenvalue weighted by atomic mass is 10.00. The Morgan fingerprint density at radius 3 is 2.41 bits per heavy atom. The third-order valence-electron chi connectivity index (χ3n) is 4.35. The van der Waals surface area contributed by atoms with Crippen LogP contribution in [0.3, 0.4) is 0 Å². The second kappa shape index (κ2) is 7.19. The van der Waals surface area contributed by atoms with Crippen LogP contribution >= 0.6 is 0 Å². The summed E-state index contributed by atoms with van der Waals surface area (Å²) >= 11 is 0. The molecule has 1 amide bonds. The number of benzene rings is 1. The van der Waals surface area contributed by atoms with E-state index in [1.54, 1.807) is 18.5 Å². The number of aromatic nitrogens is 3. The van der Waals surface area contributed by atoms with Crippen molar-refractivity contribution in [3.63, 3.8) is 0 Å². The predicted molar refractivity (Wildman–Crippen MR) is 102 cm³/mol. The molecule has 2 heterocycles. The minimum absolute atomic E-state index is 0.0533. The Morgan fingerprint density at radius 2 is 1.78 bits per heavy atom. The maximum absolute atomic E-state index is 13.2. The Hall–Kier alpha value is -3.22. The second-order valence-corrected chi connectivity index (χ2v) is 6.93. The highest BCUT2D eigenvalue weighted by Gasteiger charge is 2.24. The van der Waals surface area contributed by atoms with Crippen molar-refractivity contribution in [2.45, 2.75) is 39.8 Å². The molecule has 0 spiro atoms. The van der Waals surface area contributed by atoms with Crippen LogP contribution in [-0.4, -0.2) is 48.6 Å². The Morgan fingerprint density at radius 1 is 1.11 bits per heavy atom. The number of rotatable bonds is 5. The fourth-order valence-electron chi connectivity index (χ4n) is 3.25. The highest BCUT2D eigenvalue weighted by atomic mass is 16.4. The number of amides is 1. The van der Waals surface area contributed by atoms with E-state index in [4.69, 9.17) is 5.11 Å². The molecule has 27 heavy (non-hydrogen) atoms. The SMILES string of the molecule is CC(C)N(C(=O)c1ccccc1-c1cnc2cc(C(=O)O)nn2c1)C(C)C. The smallest absolute Gasteiger partial charge is 0.356 e. The van der Waals surface area contributed by atoms with Crippen molar-refractivity contribution in [3.05, 3.63) is 54.0 Å². The molecule has 7 heteroatoms. The monoisotopic (exact) mass is 366 g/mol. The summed E-state index contributed by atoms with van der Waals surface area (Å²) in [6.07, 6.45) is 3.32. The van der Waals surface area contributed by atoms with Crippen LogP contribution in [0, 0.1) is 0 Å². The average molecular weight is 366 g/mol. The van der Waals surface area contributed by atoms with E-state index >= 15 is 0 Å². The van der Waals surface area contributed by atoms with Crippen molar-refractivity contribution in [1.29, 1.82) is 0 Å². The van der Waals surface area contributed by atoms with Gasteiger partial charge < -0.3 is 10.0 Å². The van der Waals surface area contributed by atoms with Crippen LogP contribution in [0.4, 0.5) is 0 Å². The fraction of sp³-hybridized carbons (Fsp3) is 0.300. The first-order valence-corrected chi connectivity index (χ1v) is 8.80. The predicted octanol–water partition coefficient (Wildman–Crippen LogP) is 3.35. The van der Waals surface area contributed by atoms with Gasteiger partial charge in [-0.3, -0.25) is 4.79 Å². The van der Waals surface area contributed by atoms with Crippen molar-refractivity contribution < 1.29 is 14.7 Å². The first-order chi connectivity index (χ1) is 12.8. The van der Waals surface area contributed by atoms with Gasteiger partial charge in [0.25, 0.3) is 5.91 Å². The summed E-state index contributed by atoms with van der Waals surface area (Å²) in [5.74, 6) is -1.16. The topological polar surface area (TPSA) is 87.8 Å². The van der Waals surface area contributed by atoms with E-state index in [0.29, 0.717) is 16.8 Å². The summed E-state index contributed by atoms with van der Waals surface area (Å²) in [7, 11) is 0. The minimum Gasteiger partial charge on any atom is -0.476 e. The Bertz CT molecular complexity index is 999. The van der Waals surface area contributed by atoms with Gasteiger partial charge in [-0.05, 0) is 39.3 Å². The lowest BCUT2D eigenvalue weighted by molar-refractivity contribution is 0.0642. The summed E-state index contributed by atoms with van der Waals surface area (Å²) < 4.78 is 1.42. The highest BCUT2D eigenvalue weighted by molar-refractivity contribution is 6.01. The third kappa shape index (κ3) is 3.53. The summed E-state index contributed by atoms with van der Waals surface area (Å²) in [4.78, 5) is 30.4.